The molecule has 0 fully saturated rings. The molecule has 1 aromatic carbocycles. The van der Waals surface area contributed by atoms with Crippen molar-refractivity contribution < 1.29 is 0 Å². The summed E-state index contributed by atoms with van der Waals surface area (Å²) in [5, 5.41) is 0. The molecule has 3 nitrogen and oxygen atoms in total. The summed E-state index contributed by atoms with van der Waals surface area (Å²) < 4.78 is 0. The highest BCUT2D eigenvalue weighted by Crippen LogP contribution is 2.30. The van der Waals surface area contributed by atoms with Crippen LogP contribution in [0.2, 0.25) is 0 Å². The number of fused-ring (bicyclic) bond motifs is 1. The molecule has 0 amide bonds. The minimum Gasteiger partial charge on any atom is -0.398 e. The van der Waals surface area contributed by atoms with Crippen LogP contribution in [0.15, 0.2) is 18.2 Å². The molecule has 0 saturated carbocycles. The lowest BCUT2D eigenvalue weighted by atomic mass is 10.00. The Labute approximate surface area is 97.8 Å². The first-order chi connectivity index (χ1) is 7.68. The van der Waals surface area contributed by atoms with E-state index >= 15 is 0 Å². The number of nitrogens with two attached hydrogens (primary N) is 1. The van der Waals surface area contributed by atoms with Crippen LogP contribution in [0, 0.1) is 0 Å². The van der Waals surface area contributed by atoms with Gasteiger partial charge in [0.2, 0.25) is 0 Å². The normalized spacial score (nSPS) is 15.3. The fraction of sp³-hybridized carbons (Fsp3) is 0.538. The molecule has 0 atom stereocenters. The zero-order valence-electron chi connectivity index (χ0n) is 10.2. The summed E-state index contributed by atoms with van der Waals surface area (Å²) in [6.45, 7) is 3.34. The van der Waals surface area contributed by atoms with E-state index in [1.807, 2.05) is 6.07 Å². The summed E-state index contributed by atoms with van der Waals surface area (Å²) in [5.74, 6) is 0. The Morgan fingerprint density at radius 3 is 2.94 bits per heavy atom. The summed E-state index contributed by atoms with van der Waals surface area (Å²) in [5.41, 5.74) is 9.65. The molecular weight excluding hydrogens is 198 g/mol. The smallest absolute Gasteiger partial charge is 0.0419 e. The van der Waals surface area contributed by atoms with E-state index < -0.39 is 0 Å². The number of likely N-dealkylation sites (N-methyl/N-ethyl adjacent to an activating group) is 1. The average molecular weight is 219 g/mol. The van der Waals surface area contributed by atoms with Gasteiger partial charge < -0.3 is 15.5 Å². The van der Waals surface area contributed by atoms with Crippen LogP contribution in [-0.2, 0) is 6.42 Å². The maximum Gasteiger partial charge on any atom is 0.0419 e. The molecule has 2 rings (SSSR count). The third-order valence-electron chi connectivity index (χ3n) is 3.20. The predicted molar refractivity (Wildman–Crippen MR) is 69.9 cm³/mol. The standard InChI is InChI=1S/C13H21N3/c1-15(2)9-10-16-8-4-5-11-12(14)6-3-7-13(11)16/h3,6-7H,4-5,8-10,14H2,1-2H3. The van der Waals surface area contributed by atoms with Gasteiger partial charge in [-0.1, -0.05) is 6.07 Å². The highest BCUT2D eigenvalue weighted by molar-refractivity contribution is 5.66. The largest absolute Gasteiger partial charge is 0.398 e. The summed E-state index contributed by atoms with van der Waals surface area (Å²) in [7, 11) is 4.23. The zero-order valence-corrected chi connectivity index (χ0v) is 10.2. The van der Waals surface area contributed by atoms with Crippen LogP contribution in [0.25, 0.3) is 0 Å². The maximum atomic E-state index is 6.02. The van der Waals surface area contributed by atoms with Crippen LogP contribution in [-0.4, -0.2) is 38.6 Å². The molecule has 1 aliphatic heterocycles. The fourth-order valence-corrected chi connectivity index (χ4v) is 2.28. The van der Waals surface area contributed by atoms with Crippen molar-refractivity contribution in [2.75, 3.05) is 44.4 Å². The second-order valence-electron chi connectivity index (χ2n) is 4.74. The zero-order chi connectivity index (χ0) is 11.5. The Hall–Kier alpha value is -1.22. The van der Waals surface area contributed by atoms with Crippen molar-refractivity contribution >= 4 is 11.4 Å². The molecule has 16 heavy (non-hydrogen) atoms. The monoisotopic (exact) mass is 219 g/mol. The molecule has 3 heteroatoms. The topological polar surface area (TPSA) is 32.5 Å². The molecule has 88 valence electrons. The molecule has 1 aliphatic rings. The Kier molecular flexibility index (Phi) is 3.34. The Morgan fingerprint density at radius 2 is 2.19 bits per heavy atom. The lowest BCUT2D eigenvalue weighted by molar-refractivity contribution is 0.411. The van der Waals surface area contributed by atoms with Crippen molar-refractivity contribution in [3.05, 3.63) is 23.8 Å². The quantitative estimate of drug-likeness (QED) is 0.783. The van der Waals surface area contributed by atoms with E-state index in [2.05, 4.69) is 36.0 Å². The third-order valence-corrected chi connectivity index (χ3v) is 3.20. The predicted octanol–water partition coefficient (Wildman–Crippen LogP) is 1.58. The SMILES string of the molecule is CN(C)CCN1CCCc2c(N)cccc21. The highest BCUT2D eigenvalue weighted by atomic mass is 15.2. The van der Waals surface area contributed by atoms with Crippen molar-refractivity contribution in [1.29, 1.82) is 0 Å². The summed E-state index contributed by atoms with van der Waals surface area (Å²) in [6.07, 6.45) is 2.34. The Balaban J connectivity index is 2.16. The van der Waals surface area contributed by atoms with Gasteiger partial charge >= 0.3 is 0 Å². The molecule has 1 heterocycles. The van der Waals surface area contributed by atoms with E-state index in [-0.39, 0.29) is 0 Å². The number of hydrogen-bond donors (Lipinski definition) is 1. The van der Waals surface area contributed by atoms with Crippen LogP contribution in [0.5, 0.6) is 0 Å². The molecule has 0 aliphatic carbocycles. The van der Waals surface area contributed by atoms with Crippen molar-refractivity contribution in [3.8, 4) is 0 Å². The summed E-state index contributed by atoms with van der Waals surface area (Å²) in [6, 6.07) is 6.26. The molecular formula is C13H21N3. The molecule has 2 N–H and O–H groups in total. The molecule has 0 saturated heterocycles. The first-order valence-corrected chi connectivity index (χ1v) is 5.95. The lowest BCUT2D eigenvalue weighted by Gasteiger charge is -2.32. The van der Waals surface area contributed by atoms with Crippen LogP contribution in [0.1, 0.15) is 12.0 Å². The van der Waals surface area contributed by atoms with Gasteiger partial charge in [0.05, 0.1) is 0 Å². The minimum absolute atomic E-state index is 0.951. The van der Waals surface area contributed by atoms with Gasteiger partial charge in [-0.3, -0.25) is 0 Å². The second kappa shape index (κ2) is 4.74. The lowest BCUT2D eigenvalue weighted by Crippen LogP contribution is -2.35. The number of benzene rings is 1. The molecule has 0 radical (unpaired) electrons. The fourth-order valence-electron chi connectivity index (χ4n) is 2.28. The van der Waals surface area contributed by atoms with Gasteiger partial charge in [0.15, 0.2) is 0 Å². The molecule has 0 bridgehead atoms. The van der Waals surface area contributed by atoms with Crippen molar-refractivity contribution in [2.24, 2.45) is 0 Å². The number of nitrogens with zero attached hydrogens (tertiary/aromatic N) is 2. The van der Waals surface area contributed by atoms with Gasteiger partial charge in [-0.25, -0.2) is 0 Å². The van der Waals surface area contributed by atoms with Crippen LogP contribution in [0.3, 0.4) is 0 Å². The maximum absolute atomic E-state index is 6.02. The summed E-state index contributed by atoms with van der Waals surface area (Å²) in [4.78, 5) is 4.68. The van der Waals surface area contributed by atoms with E-state index in [4.69, 9.17) is 5.73 Å². The summed E-state index contributed by atoms with van der Waals surface area (Å²) >= 11 is 0. The Morgan fingerprint density at radius 1 is 1.38 bits per heavy atom. The number of anilines is 2. The van der Waals surface area contributed by atoms with E-state index in [0.717, 1.165) is 31.7 Å². The van der Waals surface area contributed by atoms with Gasteiger partial charge in [0.25, 0.3) is 0 Å². The first kappa shape index (κ1) is 11.3. The van der Waals surface area contributed by atoms with Gasteiger partial charge in [0.1, 0.15) is 0 Å². The van der Waals surface area contributed by atoms with E-state index in [0.29, 0.717) is 0 Å². The van der Waals surface area contributed by atoms with Crippen LogP contribution in [0.4, 0.5) is 11.4 Å². The van der Waals surface area contributed by atoms with Crippen LogP contribution >= 0.6 is 0 Å². The molecule has 0 unspecified atom stereocenters. The van der Waals surface area contributed by atoms with Gasteiger partial charge in [0, 0.05) is 31.0 Å². The van der Waals surface area contributed by atoms with Gasteiger partial charge in [-0.2, -0.15) is 0 Å². The first-order valence-electron chi connectivity index (χ1n) is 5.95. The van der Waals surface area contributed by atoms with Gasteiger partial charge in [-0.15, -0.1) is 0 Å². The van der Waals surface area contributed by atoms with Crippen LogP contribution < -0.4 is 10.6 Å². The number of nitrogen functional groups attached to an aromatic ring is 1. The van der Waals surface area contributed by atoms with Crippen molar-refractivity contribution in [2.45, 2.75) is 12.8 Å². The number of hydrogen-bond acceptors (Lipinski definition) is 3. The second-order valence-corrected chi connectivity index (χ2v) is 4.74. The van der Waals surface area contributed by atoms with E-state index in [1.165, 1.54) is 17.7 Å². The number of rotatable bonds is 3. The molecule has 0 aromatic heterocycles. The Bertz CT molecular complexity index is 360. The average Bonchev–Trinajstić information content (AvgIpc) is 2.27. The molecule has 0 spiro atoms. The van der Waals surface area contributed by atoms with Gasteiger partial charge in [-0.05, 0) is 44.6 Å². The van der Waals surface area contributed by atoms with Crippen molar-refractivity contribution in [3.63, 3.8) is 0 Å². The van der Waals surface area contributed by atoms with E-state index in [1.54, 1.807) is 0 Å². The highest BCUT2D eigenvalue weighted by Gasteiger charge is 2.17. The van der Waals surface area contributed by atoms with E-state index in [9.17, 15) is 0 Å². The third kappa shape index (κ3) is 2.30. The molecule has 1 aromatic rings. The van der Waals surface area contributed by atoms with Crippen molar-refractivity contribution in [1.82, 2.24) is 4.90 Å². The minimum atomic E-state index is 0.951.